The Kier molecular flexibility index (Phi) is 4.14. The number of fused-ring (bicyclic) bond motifs is 1. The van der Waals surface area contributed by atoms with Crippen molar-refractivity contribution in [1.29, 1.82) is 10.5 Å². The van der Waals surface area contributed by atoms with E-state index in [1.165, 1.54) is 0 Å². The number of para-hydroxylation sites is 2. The first-order valence-electron chi connectivity index (χ1n) is 7.03. The summed E-state index contributed by atoms with van der Waals surface area (Å²) in [6, 6.07) is 14.2. The van der Waals surface area contributed by atoms with E-state index in [4.69, 9.17) is 0 Å². The third kappa shape index (κ3) is 2.91. The van der Waals surface area contributed by atoms with E-state index in [1.807, 2.05) is 0 Å². The van der Waals surface area contributed by atoms with Gasteiger partial charge >= 0.3 is 0 Å². The second kappa shape index (κ2) is 6.27. The summed E-state index contributed by atoms with van der Waals surface area (Å²) < 4.78 is 38.6. The van der Waals surface area contributed by atoms with E-state index in [-0.39, 0.29) is 16.3 Å². The fourth-order valence-electron chi connectivity index (χ4n) is 2.32. The van der Waals surface area contributed by atoms with Gasteiger partial charge in [-0.25, -0.2) is 22.8 Å². The van der Waals surface area contributed by atoms with Crippen LogP contribution in [0.3, 0.4) is 0 Å². The molecule has 0 N–H and O–H groups in total. The van der Waals surface area contributed by atoms with Crippen LogP contribution in [-0.4, -0.2) is 18.4 Å². The predicted molar refractivity (Wildman–Crippen MR) is 86.2 cm³/mol. The Balaban J connectivity index is 2.22. The molecule has 0 saturated carbocycles. The van der Waals surface area contributed by atoms with Gasteiger partial charge in [0.15, 0.2) is 10.9 Å². The van der Waals surface area contributed by atoms with Crippen LogP contribution in [0.2, 0.25) is 0 Å². The van der Waals surface area contributed by atoms with Crippen molar-refractivity contribution in [3.8, 4) is 12.1 Å². The predicted octanol–water partition coefficient (Wildman–Crippen LogP) is 2.68. The van der Waals surface area contributed by atoms with Gasteiger partial charge in [-0.3, -0.25) is 0 Å². The smallest absolute Gasteiger partial charge is 0.200 e. The zero-order valence-electron chi connectivity index (χ0n) is 12.6. The van der Waals surface area contributed by atoms with Crippen molar-refractivity contribution in [2.24, 2.45) is 0 Å². The van der Waals surface area contributed by atoms with Gasteiger partial charge in [-0.1, -0.05) is 12.1 Å². The molecular formula is C17H9FN4O2S. The Bertz CT molecular complexity index is 1150. The molecule has 0 spiro atoms. The van der Waals surface area contributed by atoms with Crippen LogP contribution >= 0.6 is 0 Å². The minimum Gasteiger partial charge on any atom is -0.246 e. The van der Waals surface area contributed by atoms with Crippen LogP contribution in [0.4, 0.5) is 4.39 Å². The van der Waals surface area contributed by atoms with Crippen LogP contribution in [-0.2, 0) is 9.84 Å². The first kappa shape index (κ1) is 16.5. The molecule has 0 unspecified atom stereocenters. The number of sulfone groups is 1. The number of aromatic nitrogens is 2. The minimum atomic E-state index is -4.20. The Hall–Kier alpha value is -3.36. The van der Waals surface area contributed by atoms with Crippen molar-refractivity contribution in [2.75, 3.05) is 0 Å². The molecule has 0 amide bonds. The fourth-order valence-corrected chi connectivity index (χ4v) is 3.70. The molecule has 8 heteroatoms. The van der Waals surface area contributed by atoms with E-state index < -0.39 is 20.9 Å². The number of halogens is 1. The molecular weight excluding hydrogens is 343 g/mol. The standard InChI is InChI=1S/C17H9FN4O2S/c18-11-5-7-12(8-6-11)25(23,24)16(10-20)17-15(9-19)21-13-3-1-2-4-14(13)22-17/h1-8,16H/t16-/m1/s1. The van der Waals surface area contributed by atoms with Crippen LogP contribution in [0, 0.1) is 28.5 Å². The highest BCUT2D eigenvalue weighted by molar-refractivity contribution is 7.92. The monoisotopic (exact) mass is 352 g/mol. The molecule has 25 heavy (non-hydrogen) atoms. The lowest BCUT2D eigenvalue weighted by Gasteiger charge is -2.12. The fraction of sp³-hybridized carbons (Fsp3) is 0.0588. The highest BCUT2D eigenvalue weighted by Gasteiger charge is 2.33. The summed E-state index contributed by atoms with van der Waals surface area (Å²) in [5, 5.41) is 17.0. The Morgan fingerprint density at radius 1 is 0.960 bits per heavy atom. The molecule has 0 saturated heterocycles. The zero-order chi connectivity index (χ0) is 18.0. The molecule has 3 aromatic rings. The van der Waals surface area contributed by atoms with E-state index in [1.54, 1.807) is 36.4 Å². The molecule has 2 aromatic carbocycles. The zero-order valence-corrected chi connectivity index (χ0v) is 13.4. The number of benzene rings is 2. The number of rotatable bonds is 3. The maximum Gasteiger partial charge on any atom is 0.200 e. The third-order valence-corrected chi connectivity index (χ3v) is 5.40. The van der Waals surface area contributed by atoms with Gasteiger partial charge in [-0.15, -0.1) is 0 Å². The van der Waals surface area contributed by atoms with Gasteiger partial charge < -0.3 is 0 Å². The van der Waals surface area contributed by atoms with Crippen LogP contribution in [0.25, 0.3) is 11.0 Å². The second-order valence-corrected chi connectivity index (χ2v) is 7.10. The van der Waals surface area contributed by atoms with Crippen molar-refractivity contribution in [3.05, 3.63) is 65.7 Å². The van der Waals surface area contributed by atoms with Gasteiger partial charge in [-0.05, 0) is 36.4 Å². The molecule has 122 valence electrons. The maximum atomic E-state index is 13.0. The van der Waals surface area contributed by atoms with E-state index in [9.17, 15) is 23.3 Å². The van der Waals surface area contributed by atoms with Crippen molar-refractivity contribution < 1.29 is 12.8 Å². The Morgan fingerprint density at radius 3 is 2.12 bits per heavy atom. The van der Waals surface area contributed by atoms with Gasteiger partial charge in [0.25, 0.3) is 0 Å². The summed E-state index contributed by atoms with van der Waals surface area (Å²) in [5.41, 5.74) is 0.300. The normalized spacial score (nSPS) is 12.3. The topological polar surface area (TPSA) is 108 Å². The largest absolute Gasteiger partial charge is 0.246 e. The molecule has 3 rings (SSSR count). The minimum absolute atomic E-state index is 0.237. The molecule has 0 radical (unpaired) electrons. The molecule has 0 aliphatic heterocycles. The number of hydrogen-bond donors (Lipinski definition) is 0. The van der Waals surface area contributed by atoms with Crippen molar-refractivity contribution in [1.82, 2.24) is 9.97 Å². The summed E-state index contributed by atoms with van der Waals surface area (Å²) in [6.45, 7) is 0. The summed E-state index contributed by atoms with van der Waals surface area (Å²) in [7, 11) is -4.20. The SMILES string of the molecule is N#Cc1nc2ccccc2nc1[C@@H](C#N)S(=O)(=O)c1ccc(F)cc1. The highest BCUT2D eigenvalue weighted by Crippen LogP contribution is 2.30. The van der Waals surface area contributed by atoms with E-state index in [0.717, 1.165) is 24.3 Å². The molecule has 1 atom stereocenters. The summed E-state index contributed by atoms with van der Waals surface area (Å²) >= 11 is 0. The molecule has 0 fully saturated rings. The van der Waals surface area contributed by atoms with E-state index >= 15 is 0 Å². The molecule has 1 aromatic heterocycles. The molecule has 6 nitrogen and oxygen atoms in total. The van der Waals surface area contributed by atoms with Crippen molar-refractivity contribution >= 4 is 20.9 Å². The van der Waals surface area contributed by atoms with Crippen molar-refractivity contribution in [2.45, 2.75) is 10.1 Å². The highest BCUT2D eigenvalue weighted by atomic mass is 32.2. The first-order chi connectivity index (χ1) is 12.0. The summed E-state index contributed by atoms with van der Waals surface area (Å²) in [5.74, 6) is -0.601. The average Bonchev–Trinajstić information content (AvgIpc) is 2.62. The molecule has 0 aliphatic rings. The number of nitrogens with zero attached hydrogens (tertiary/aromatic N) is 4. The van der Waals surface area contributed by atoms with Crippen LogP contribution in [0.5, 0.6) is 0 Å². The quantitative estimate of drug-likeness (QED) is 0.671. The number of nitriles is 2. The molecule has 0 bridgehead atoms. The first-order valence-corrected chi connectivity index (χ1v) is 8.58. The summed E-state index contributed by atoms with van der Waals surface area (Å²) in [4.78, 5) is 8.01. The van der Waals surface area contributed by atoms with Crippen LogP contribution in [0.15, 0.2) is 53.4 Å². The molecule has 1 heterocycles. The maximum absolute atomic E-state index is 13.0. The van der Waals surface area contributed by atoms with E-state index in [0.29, 0.717) is 11.0 Å². The molecule has 0 aliphatic carbocycles. The lowest BCUT2D eigenvalue weighted by atomic mass is 10.2. The van der Waals surface area contributed by atoms with Crippen molar-refractivity contribution in [3.63, 3.8) is 0 Å². The van der Waals surface area contributed by atoms with E-state index in [2.05, 4.69) is 9.97 Å². The van der Waals surface area contributed by atoms with Crippen LogP contribution in [0.1, 0.15) is 16.6 Å². The number of hydrogen-bond acceptors (Lipinski definition) is 6. The third-order valence-electron chi connectivity index (χ3n) is 3.52. The second-order valence-electron chi connectivity index (χ2n) is 5.07. The van der Waals surface area contributed by atoms with Gasteiger partial charge in [0.2, 0.25) is 9.84 Å². The van der Waals surface area contributed by atoms with Gasteiger partial charge in [0, 0.05) is 0 Å². The van der Waals surface area contributed by atoms with Gasteiger partial charge in [0.1, 0.15) is 17.6 Å². The Morgan fingerprint density at radius 2 is 1.56 bits per heavy atom. The Labute approximate surface area is 142 Å². The lowest BCUT2D eigenvalue weighted by Crippen LogP contribution is -2.16. The lowest BCUT2D eigenvalue weighted by molar-refractivity contribution is 0.589. The van der Waals surface area contributed by atoms with Crippen LogP contribution < -0.4 is 0 Å². The summed E-state index contributed by atoms with van der Waals surface area (Å²) in [6.07, 6.45) is 0. The van der Waals surface area contributed by atoms with Gasteiger partial charge in [-0.2, -0.15) is 10.5 Å². The van der Waals surface area contributed by atoms with Gasteiger partial charge in [0.05, 0.1) is 22.0 Å². The average molecular weight is 352 g/mol.